The summed E-state index contributed by atoms with van der Waals surface area (Å²) in [4.78, 5) is 0. The number of rotatable bonds is 6. The van der Waals surface area contributed by atoms with Crippen molar-refractivity contribution in [3.63, 3.8) is 0 Å². The Bertz CT molecular complexity index is 792. The molecule has 4 aliphatic carbocycles. The van der Waals surface area contributed by atoms with Crippen LogP contribution in [0.2, 0.25) is 0 Å². The zero-order valence-electron chi connectivity index (χ0n) is 21.2. The van der Waals surface area contributed by atoms with Crippen molar-refractivity contribution < 1.29 is 56.9 Å². The van der Waals surface area contributed by atoms with E-state index in [1.54, 1.807) is 0 Å². The van der Waals surface area contributed by atoms with Crippen LogP contribution < -0.4 is 29.6 Å². The second-order valence-corrected chi connectivity index (χ2v) is 13.2. The molecule has 2 N–H and O–H groups in total. The standard InChI is InChI=1S/C25H44O6S.Na/c1-5-17-21-14-16(26)8-11-25(21,4)20-9-12-24(3)18(6-7-19(24)22(20)23(17)27)15(2)10-13-31-32(28,29)30;/h15-23,26-27H,5-14H2,1-4H3,(H,28,29,30);/q;+1/p-1/t15?,16-,17-,18?,19?,20?,21+,22?,23-,24-,25-;/m1./s1. The minimum absolute atomic E-state index is 0. The molecule has 8 heteroatoms. The summed E-state index contributed by atoms with van der Waals surface area (Å²) in [6.07, 6.45) is 8.26. The molecule has 6 nitrogen and oxygen atoms in total. The van der Waals surface area contributed by atoms with Crippen LogP contribution in [0.5, 0.6) is 0 Å². The van der Waals surface area contributed by atoms with Gasteiger partial charge in [0.05, 0.1) is 18.8 Å². The van der Waals surface area contributed by atoms with Crippen LogP contribution in [0, 0.1) is 52.3 Å². The molecular formula is C25H43NaO6S. The van der Waals surface area contributed by atoms with Crippen molar-refractivity contribution >= 4 is 10.4 Å². The van der Waals surface area contributed by atoms with Crippen LogP contribution in [-0.4, -0.2) is 42.0 Å². The minimum atomic E-state index is -4.64. The first kappa shape index (κ1) is 28.4. The van der Waals surface area contributed by atoms with Crippen molar-refractivity contribution in [1.29, 1.82) is 0 Å². The van der Waals surface area contributed by atoms with E-state index in [0.717, 1.165) is 51.4 Å². The fraction of sp³-hybridized carbons (Fsp3) is 1.00. The summed E-state index contributed by atoms with van der Waals surface area (Å²) < 4.78 is 37.0. The molecule has 0 bridgehead atoms. The van der Waals surface area contributed by atoms with E-state index in [4.69, 9.17) is 0 Å². The molecule has 5 unspecified atom stereocenters. The topological polar surface area (TPSA) is 107 Å². The summed E-state index contributed by atoms with van der Waals surface area (Å²) in [7, 11) is -4.64. The van der Waals surface area contributed by atoms with Crippen molar-refractivity contribution in [2.45, 2.75) is 97.7 Å². The van der Waals surface area contributed by atoms with Crippen molar-refractivity contribution in [3.05, 3.63) is 0 Å². The predicted octanol–water partition coefficient (Wildman–Crippen LogP) is 1.12. The van der Waals surface area contributed by atoms with Crippen LogP contribution in [0.4, 0.5) is 0 Å². The average Bonchev–Trinajstić information content (AvgIpc) is 3.06. The number of hydrogen-bond donors (Lipinski definition) is 2. The van der Waals surface area contributed by atoms with E-state index in [-0.39, 0.29) is 71.0 Å². The van der Waals surface area contributed by atoms with Gasteiger partial charge < -0.3 is 14.8 Å². The third-order valence-corrected chi connectivity index (χ3v) is 11.4. The maximum Gasteiger partial charge on any atom is 1.00 e. The average molecular weight is 495 g/mol. The van der Waals surface area contributed by atoms with E-state index in [9.17, 15) is 23.2 Å². The van der Waals surface area contributed by atoms with E-state index >= 15 is 0 Å². The molecule has 0 aromatic carbocycles. The summed E-state index contributed by atoms with van der Waals surface area (Å²) in [5.41, 5.74) is 0.332. The molecule has 186 valence electrons. The molecular weight excluding hydrogens is 451 g/mol. The molecule has 11 atom stereocenters. The molecule has 0 saturated heterocycles. The van der Waals surface area contributed by atoms with Gasteiger partial charge in [-0.05, 0) is 104 Å². The Kier molecular flexibility index (Phi) is 8.83. The number of fused-ring (bicyclic) bond motifs is 5. The SMILES string of the molecule is CC[C@H]1[C@@H](O)C2C3CCC(C(C)CCOS(=O)(=O)[O-])[C@@]3(C)CCC2[C@@]2(C)CC[C@@H](O)C[C@@H]12.[Na+]. The maximum absolute atomic E-state index is 11.7. The van der Waals surface area contributed by atoms with Gasteiger partial charge in [0.1, 0.15) is 0 Å². The summed E-state index contributed by atoms with van der Waals surface area (Å²) in [5.74, 6) is 2.69. The Balaban J connectivity index is 0.00000306. The maximum atomic E-state index is 11.7. The fourth-order valence-corrected chi connectivity index (χ4v) is 9.77. The van der Waals surface area contributed by atoms with E-state index in [2.05, 4.69) is 31.9 Å². The molecule has 0 aromatic rings. The van der Waals surface area contributed by atoms with E-state index in [1.807, 2.05) is 0 Å². The van der Waals surface area contributed by atoms with Crippen LogP contribution in [0.1, 0.15) is 85.5 Å². The molecule has 0 heterocycles. The van der Waals surface area contributed by atoms with Gasteiger partial charge in [0, 0.05) is 0 Å². The zero-order chi connectivity index (χ0) is 23.5. The van der Waals surface area contributed by atoms with Gasteiger partial charge in [0.15, 0.2) is 0 Å². The summed E-state index contributed by atoms with van der Waals surface area (Å²) in [6, 6.07) is 0. The third kappa shape index (κ3) is 5.01. The Morgan fingerprint density at radius 3 is 2.30 bits per heavy atom. The van der Waals surface area contributed by atoms with Crippen LogP contribution >= 0.6 is 0 Å². The van der Waals surface area contributed by atoms with Gasteiger partial charge in [-0.3, -0.25) is 4.18 Å². The van der Waals surface area contributed by atoms with Crippen LogP contribution in [0.15, 0.2) is 0 Å². The van der Waals surface area contributed by atoms with Crippen molar-refractivity contribution in [2.24, 2.45) is 52.3 Å². The fourth-order valence-electron chi connectivity index (χ4n) is 9.47. The van der Waals surface area contributed by atoms with Gasteiger partial charge in [0.2, 0.25) is 10.4 Å². The molecule has 33 heavy (non-hydrogen) atoms. The van der Waals surface area contributed by atoms with Crippen LogP contribution in [0.25, 0.3) is 0 Å². The molecule has 0 amide bonds. The number of hydrogen-bond acceptors (Lipinski definition) is 6. The van der Waals surface area contributed by atoms with E-state index < -0.39 is 10.4 Å². The van der Waals surface area contributed by atoms with Gasteiger partial charge in [-0.1, -0.05) is 34.1 Å². The quantitative estimate of drug-likeness (QED) is 0.326. The molecule has 0 aliphatic heterocycles. The van der Waals surface area contributed by atoms with Crippen molar-refractivity contribution in [2.75, 3.05) is 6.61 Å². The third-order valence-electron chi connectivity index (χ3n) is 11.0. The van der Waals surface area contributed by atoms with Gasteiger partial charge >= 0.3 is 29.6 Å². The van der Waals surface area contributed by atoms with Crippen LogP contribution in [0.3, 0.4) is 0 Å². The van der Waals surface area contributed by atoms with Crippen molar-refractivity contribution in [1.82, 2.24) is 0 Å². The Hall–Kier alpha value is 0.790. The molecule has 4 fully saturated rings. The van der Waals surface area contributed by atoms with Gasteiger partial charge in [-0.25, -0.2) is 8.42 Å². The van der Waals surface area contributed by atoms with Gasteiger partial charge in [0.25, 0.3) is 0 Å². The first-order valence-corrected chi connectivity index (χ1v) is 14.2. The molecule has 4 aliphatic rings. The molecule has 4 saturated carbocycles. The number of aliphatic hydroxyl groups is 2. The normalized spacial score (nSPS) is 48.2. The number of aliphatic hydroxyl groups excluding tert-OH is 2. The Morgan fingerprint density at radius 1 is 1.03 bits per heavy atom. The van der Waals surface area contributed by atoms with Gasteiger partial charge in [-0.2, -0.15) is 0 Å². The summed E-state index contributed by atoms with van der Waals surface area (Å²) >= 11 is 0. The van der Waals surface area contributed by atoms with Gasteiger partial charge in [-0.15, -0.1) is 0 Å². The minimum Gasteiger partial charge on any atom is -0.726 e. The smallest absolute Gasteiger partial charge is 0.726 e. The largest absolute Gasteiger partial charge is 1.00 e. The molecule has 0 spiro atoms. The van der Waals surface area contributed by atoms with E-state index in [1.165, 1.54) is 0 Å². The van der Waals surface area contributed by atoms with Crippen molar-refractivity contribution in [3.8, 4) is 0 Å². The Labute approximate surface area is 222 Å². The second-order valence-electron chi connectivity index (χ2n) is 12.1. The summed E-state index contributed by atoms with van der Waals surface area (Å²) in [5, 5.41) is 22.1. The molecule has 0 radical (unpaired) electrons. The molecule has 4 rings (SSSR count). The molecule has 0 aromatic heterocycles. The monoisotopic (exact) mass is 494 g/mol. The first-order valence-electron chi connectivity index (χ1n) is 12.9. The Morgan fingerprint density at radius 2 is 1.67 bits per heavy atom. The zero-order valence-corrected chi connectivity index (χ0v) is 24.0. The summed E-state index contributed by atoms with van der Waals surface area (Å²) in [6.45, 7) is 9.17. The predicted molar refractivity (Wildman–Crippen MR) is 121 cm³/mol. The van der Waals surface area contributed by atoms with Crippen LogP contribution in [-0.2, 0) is 14.6 Å². The van der Waals surface area contributed by atoms with E-state index in [0.29, 0.717) is 36.0 Å². The second kappa shape index (κ2) is 10.3. The first-order chi connectivity index (χ1) is 14.9.